The zero-order chi connectivity index (χ0) is 13.2. The van der Waals surface area contributed by atoms with E-state index in [1.807, 2.05) is 24.3 Å². The van der Waals surface area contributed by atoms with Gasteiger partial charge in [0.1, 0.15) is 0 Å². The summed E-state index contributed by atoms with van der Waals surface area (Å²) in [5.41, 5.74) is 18.6. The average molecular weight is 468 g/mol. The molecule has 1 aromatic carbocycles. The first-order chi connectivity index (χ1) is 7.67. The molecule has 3 nitrogen and oxygen atoms in total. The van der Waals surface area contributed by atoms with Crippen LogP contribution in [-0.2, 0) is 25.8 Å². The normalized spacial score (nSPS) is 7.71. The molecule has 0 saturated carbocycles. The molecule has 0 atom stereocenters. The predicted octanol–water partition coefficient (Wildman–Crippen LogP) is 3.26. The number of hydrogen-bond acceptors (Lipinski definition) is 0. The van der Waals surface area contributed by atoms with Crippen molar-refractivity contribution in [1.29, 1.82) is 0 Å². The Labute approximate surface area is 131 Å². The van der Waals surface area contributed by atoms with Crippen LogP contribution < -0.4 is 4.40 Å². The van der Waals surface area contributed by atoms with E-state index in [0.29, 0.717) is 19.6 Å². The van der Waals surface area contributed by atoms with Crippen molar-refractivity contribution in [3.8, 4) is 0 Å². The summed E-state index contributed by atoms with van der Waals surface area (Å²) in [5, 5.41) is 0. The minimum atomic E-state index is -1.73. The number of rotatable bonds is 1. The van der Waals surface area contributed by atoms with Gasteiger partial charge in [0.2, 0.25) is 0 Å². The predicted molar refractivity (Wildman–Crippen MR) is 75.9 cm³/mol. The third-order valence-electron chi connectivity index (χ3n) is 0.886. The van der Waals surface area contributed by atoms with Crippen molar-refractivity contribution in [3.63, 3.8) is 0 Å². The average Bonchev–Trinajstić information content (AvgIpc) is 2.73. The molecular formula is C11H24FGeHfN3. The first-order valence-corrected chi connectivity index (χ1v) is 7.99. The van der Waals surface area contributed by atoms with Gasteiger partial charge in [0.05, 0.1) is 0 Å². The van der Waals surface area contributed by atoms with Crippen LogP contribution in [0.2, 0.25) is 0 Å². The fourth-order valence-corrected chi connectivity index (χ4v) is 1.45. The quantitative estimate of drug-likeness (QED) is 0.449. The first-order valence-electron chi connectivity index (χ1n) is 5.38. The van der Waals surface area contributed by atoms with Crippen LogP contribution in [0.5, 0.6) is 0 Å². The van der Waals surface area contributed by atoms with Crippen LogP contribution in [0.3, 0.4) is 0 Å². The van der Waals surface area contributed by atoms with Gasteiger partial charge in [-0.1, -0.05) is 20.8 Å². The molecule has 6 heteroatoms. The molecule has 0 heterocycles. The Balaban J connectivity index is -0.0000000734. The molecule has 0 saturated heterocycles. The van der Waals surface area contributed by atoms with E-state index in [1.165, 1.54) is 0 Å². The van der Waals surface area contributed by atoms with Crippen molar-refractivity contribution in [3.05, 3.63) is 41.5 Å². The van der Waals surface area contributed by atoms with Crippen LogP contribution in [0, 0.1) is 0 Å². The van der Waals surface area contributed by atoms with Gasteiger partial charge >= 0.3 is 73.9 Å². The van der Waals surface area contributed by atoms with E-state index >= 15 is 0 Å². The molecule has 98 valence electrons. The number of halogens is 1. The Hall–Kier alpha value is 0.573. The summed E-state index contributed by atoms with van der Waals surface area (Å²) in [7, 11) is 0. The zero-order valence-electron chi connectivity index (χ0n) is 11.0. The third kappa shape index (κ3) is 38.4. The van der Waals surface area contributed by atoms with Gasteiger partial charge in [-0.25, -0.2) is 0 Å². The van der Waals surface area contributed by atoms with Crippen molar-refractivity contribution in [1.82, 2.24) is 0 Å². The molecule has 0 fully saturated rings. The summed E-state index contributed by atoms with van der Waals surface area (Å²) in [6.45, 7) is 6.88. The van der Waals surface area contributed by atoms with E-state index in [1.54, 1.807) is 20.8 Å². The van der Waals surface area contributed by atoms with Crippen molar-refractivity contribution >= 4 is 20.3 Å². The standard InChI is InChI=1S/C5H6FGe.3C2H6N.Hf/c6-7-5-3-1-2-4-5;3*1-2-3;/h1-4H,7H2;3*3H,2H2,1H3;/q4*-1;+4. The number of nitrogens with one attached hydrogen (secondary N) is 3. The van der Waals surface area contributed by atoms with Crippen LogP contribution in [-0.4, -0.2) is 35.5 Å². The summed E-state index contributed by atoms with van der Waals surface area (Å²) >= 11 is -1.73. The van der Waals surface area contributed by atoms with Crippen LogP contribution in [0.25, 0.3) is 17.2 Å². The van der Waals surface area contributed by atoms with Crippen molar-refractivity contribution < 1.29 is 29.3 Å². The van der Waals surface area contributed by atoms with Crippen molar-refractivity contribution in [2.75, 3.05) is 19.6 Å². The second-order valence-corrected chi connectivity index (χ2v) is 4.76. The maximum Gasteiger partial charge on any atom is 4.00 e. The molecular weight excluding hydrogens is 444 g/mol. The van der Waals surface area contributed by atoms with Crippen LogP contribution in [0.15, 0.2) is 24.3 Å². The molecule has 0 unspecified atom stereocenters. The van der Waals surface area contributed by atoms with Crippen LogP contribution in [0.4, 0.5) is 3.50 Å². The fraction of sp³-hybridized carbons (Fsp3) is 0.545. The van der Waals surface area contributed by atoms with E-state index in [-0.39, 0.29) is 25.8 Å². The largest absolute Gasteiger partial charge is 4.00 e. The Bertz CT molecular complexity index is 170. The molecule has 0 aliphatic rings. The maximum atomic E-state index is 11.7. The molecule has 0 aliphatic carbocycles. The van der Waals surface area contributed by atoms with Gasteiger partial charge in [-0.3, -0.25) is 0 Å². The van der Waals surface area contributed by atoms with Gasteiger partial charge < -0.3 is 17.2 Å². The fourth-order valence-electron chi connectivity index (χ4n) is 0.503. The van der Waals surface area contributed by atoms with Crippen LogP contribution in [0.1, 0.15) is 20.8 Å². The smallest absolute Gasteiger partial charge is 4.00 e. The monoisotopic (exact) mass is 471 g/mol. The minimum absolute atomic E-state index is 0. The van der Waals surface area contributed by atoms with Gasteiger partial charge in [-0.15, -0.1) is 0 Å². The summed E-state index contributed by atoms with van der Waals surface area (Å²) in [5.74, 6) is 0. The van der Waals surface area contributed by atoms with E-state index in [9.17, 15) is 3.50 Å². The Morgan fingerprint density at radius 1 is 0.941 bits per heavy atom. The van der Waals surface area contributed by atoms with Gasteiger partial charge in [0.15, 0.2) is 0 Å². The first kappa shape index (κ1) is 26.2. The molecule has 0 aromatic heterocycles. The molecule has 0 spiro atoms. The summed E-state index contributed by atoms with van der Waals surface area (Å²) in [6.07, 6.45) is 0. The molecule has 1 rings (SSSR count). The molecule has 0 amide bonds. The Kier molecular flexibility index (Phi) is 46.2. The molecule has 3 N–H and O–H groups in total. The topological polar surface area (TPSA) is 71.4 Å². The van der Waals surface area contributed by atoms with E-state index in [0.717, 1.165) is 4.40 Å². The third-order valence-corrected chi connectivity index (χ3v) is 2.52. The summed E-state index contributed by atoms with van der Waals surface area (Å²) in [4.78, 5) is 0. The summed E-state index contributed by atoms with van der Waals surface area (Å²) in [6, 6.07) is 7.44. The van der Waals surface area contributed by atoms with Gasteiger partial charge in [0.25, 0.3) is 0 Å². The second-order valence-electron chi connectivity index (χ2n) is 2.49. The molecule has 0 aliphatic heterocycles. The molecule has 17 heavy (non-hydrogen) atoms. The SMILES string of the molecule is CC[NH-].CC[NH-].CC[NH-].[F][GeH2][c-]1cccc1.[Hf+4]. The van der Waals surface area contributed by atoms with Gasteiger partial charge in [0, 0.05) is 0 Å². The number of hydrogen-bond donors (Lipinski definition) is 0. The zero-order valence-corrected chi connectivity index (χ0v) is 17.6. The molecule has 1 aromatic rings. The van der Waals surface area contributed by atoms with E-state index in [4.69, 9.17) is 17.2 Å². The molecule has 0 radical (unpaired) electrons. The Morgan fingerprint density at radius 3 is 1.29 bits per heavy atom. The van der Waals surface area contributed by atoms with Crippen LogP contribution >= 0.6 is 0 Å². The Morgan fingerprint density at radius 2 is 1.18 bits per heavy atom. The van der Waals surface area contributed by atoms with Crippen molar-refractivity contribution in [2.45, 2.75) is 20.8 Å². The maximum absolute atomic E-state index is 11.7. The van der Waals surface area contributed by atoms with Gasteiger partial charge in [-0.2, -0.15) is 19.6 Å². The summed E-state index contributed by atoms with van der Waals surface area (Å²) < 4.78 is 12.7. The molecule has 0 bridgehead atoms. The second kappa shape index (κ2) is 30.0. The van der Waals surface area contributed by atoms with Crippen molar-refractivity contribution in [2.24, 2.45) is 0 Å². The van der Waals surface area contributed by atoms with Gasteiger partial charge in [-0.05, 0) is 0 Å². The minimum Gasteiger partial charge on any atom is 4.00 e. The van der Waals surface area contributed by atoms with E-state index < -0.39 is 15.9 Å². The van der Waals surface area contributed by atoms with E-state index in [2.05, 4.69) is 0 Å².